The van der Waals surface area contributed by atoms with Gasteiger partial charge in [0, 0.05) is 37.4 Å². The SMILES string of the molecule is CCNC(=NCc1cc(CC)no1)NCCCn1ccc2ccccc21. The van der Waals surface area contributed by atoms with Crippen molar-refractivity contribution in [1.82, 2.24) is 20.4 Å². The summed E-state index contributed by atoms with van der Waals surface area (Å²) in [5, 5.41) is 11.9. The minimum atomic E-state index is 0.491. The topological polar surface area (TPSA) is 67.4 Å². The molecule has 2 N–H and O–H groups in total. The molecule has 0 aliphatic carbocycles. The van der Waals surface area contributed by atoms with E-state index in [1.165, 1.54) is 10.9 Å². The van der Waals surface area contributed by atoms with Crippen molar-refractivity contribution in [2.75, 3.05) is 13.1 Å². The highest BCUT2D eigenvalue weighted by atomic mass is 16.5. The highest BCUT2D eigenvalue weighted by Gasteiger charge is 2.04. The monoisotopic (exact) mass is 353 g/mol. The number of fused-ring (bicyclic) bond motifs is 1. The highest BCUT2D eigenvalue weighted by molar-refractivity contribution is 5.80. The van der Waals surface area contributed by atoms with Crippen molar-refractivity contribution in [3.05, 3.63) is 54.0 Å². The van der Waals surface area contributed by atoms with Gasteiger partial charge in [0.15, 0.2) is 11.7 Å². The Balaban J connectivity index is 1.49. The van der Waals surface area contributed by atoms with Crippen LogP contribution in [0.2, 0.25) is 0 Å². The number of nitrogens with zero attached hydrogens (tertiary/aromatic N) is 3. The van der Waals surface area contributed by atoms with E-state index in [1.54, 1.807) is 0 Å². The van der Waals surface area contributed by atoms with E-state index < -0.39 is 0 Å². The fourth-order valence-electron chi connectivity index (χ4n) is 2.89. The first-order valence-corrected chi connectivity index (χ1v) is 9.30. The van der Waals surface area contributed by atoms with Gasteiger partial charge in [-0.3, -0.25) is 0 Å². The number of aromatic nitrogens is 2. The lowest BCUT2D eigenvalue weighted by atomic mass is 10.2. The van der Waals surface area contributed by atoms with Gasteiger partial charge in [0.2, 0.25) is 0 Å². The maximum atomic E-state index is 5.28. The van der Waals surface area contributed by atoms with E-state index in [4.69, 9.17) is 4.52 Å². The van der Waals surface area contributed by atoms with Crippen LogP contribution in [0.3, 0.4) is 0 Å². The van der Waals surface area contributed by atoms with Gasteiger partial charge in [-0.05, 0) is 37.3 Å². The summed E-state index contributed by atoms with van der Waals surface area (Å²) in [5.74, 6) is 1.59. The minimum absolute atomic E-state index is 0.491. The maximum Gasteiger partial charge on any atom is 0.191 e. The van der Waals surface area contributed by atoms with Gasteiger partial charge in [-0.15, -0.1) is 0 Å². The van der Waals surface area contributed by atoms with Crippen LogP contribution in [-0.2, 0) is 19.5 Å². The molecule has 0 bridgehead atoms. The quantitative estimate of drug-likeness (QED) is 0.370. The van der Waals surface area contributed by atoms with Crippen LogP contribution in [0, 0.1) is 0 Å². The third kappa shape index (κ3) is 4.65. The lowest BCUT2D eigenvalue weighted by Gasteiger charge is -2.11. The number of nitrogens with one attached hydrogen (secondary N) is 2. The van der Waals surface area contributed by atoms with Gasteiger partial charge >= 0.3 is 0 Å². The molecule has 0 spiro atoms. The van der Waals surface area contributed by atoms with Crippen molar-refractivity contribution in [2.24, 2.45) is 4.99 Å². The van der Waals surface area contributed by atoms with Crippen LogP contribution in [0.1, 0.15) is 31.7 Å². The number of guanidine groups is 1. The van der Waals surface area contributed by atoms with E-state index in [1.807, 2.05) is 6.07 Å². The van der Waals surface area contributed by atoms with E-state index in [-0.39, 0.29) is 0 Å². The molecular weight excluding hydrogens is 326 g/mol. The third-order valence-corrected chi connectivity index (χ3v) is 4.26. The molecule has 6 heteroatoms. The molecule has 0 fully saturated rings. The molecule has 26 heavy (non-hydrogen) atoms. The predicted molar refractivity (Wildman–Crippen MR) is 105 cm³/mol. The molecule has 0 atom stereocenters. The molecule has 3 rings (SSSR count). The van der Waals surface area contributed by atoms with Crippen molar-refractivity contribution in [1.29, 1.82) is 0 Å². The van der Waals surface area contributed by atoms with Crippen LogP contribution in [0.5, 0.6) is 0 Å². The molecule has 0 saturated carbocycles. The van der Waals surface area contributed by atoms with Crippen LogP contribution in [-0.4, -0.2) is 28.8 Å². The summed E-state index contributed by atoms with van der Waals surface area (Å²) >= 11 is 0. The van der Waals surface area contributed by atoms with Gasteiger partial charge in [0.1, 0.15) is 6.54 Å². The summed E-state index contributed by atoms with van der Waals surface area (Å²) < 4.78 is 7.58. The van der Waals surface area contributed by atoms with E-state index in [9.17, 15) is 0 Å². The Morgan fingerprint density at radius 2 is 2.08 bits per heavy atom. The fourth-order valence-corrected chi connectivity index (χ4v) is 2.89. The lowest BCUT2D eigenvalue weighted by molar-refractivity contribution is 0.379. The van der Waals surface area contributed by atoms with Gasteiger partial charge < -0.3 is 19.7 Å². The summed E-state index contributed by atoms with van der Waals surface area (Å²) in [4.78, 5) is 4.57. The first kappa shape index (κ1) is 18.0. The minimum Gasteiger partial charge on any atom is -0.359 e. The van der Waals surface area contributed by atoms with Crippen LogP contribution in [0.4, 0.5) is 0 Å². The zero-order valence-electron chi connectivity index (χ0n) is 15.5. The Bertz CT molecular complexity index is 849. The second-order valence-corrected chi connectivity index (χ2v) is 6.18. The van der Waals surface area contributed by atoms with Crippen molar-refractivity contribution >= 4 is 16.9 Å². The fraction of sp³-hybridized carbons (Fsp3) is 0.400. The highest BCUT2D eigenvalue weighted by Crippen LogP contribution is 2.15. The molecule has 1 aromatic carbocycles. The number of hydrogen-bond donors (Lipinski definition) is 2. The van der Waals surface area contributed by atoms with Crippen molar-refractivity contribution in [3.63, 3.8) is 0 Å². The van der Waals surface area contributed by atoms with Gasteiger partial charge in [0.05, 0.1) is 5.69 Å². The number of hydrogen-bond acceptors (Lipinski definition) is 3. The number of aryl methyl sites for hydroxylation is 2. The summed E-state index contributed by atoms with van der Waals surface area (Å²) in [5.41, 5.74) is 2.25. The first-order valence-electron chi connectivity index (χ1n) is 9.30. The Morgan fingerprint density at radius 3 is 2.88 bits per heavy atom. The molecule has 2 aromatic heterocycles. The number of rotatable bonds is 8. The van der Waals surface area contributed by atoms with E-state index in [0.29, 0.717) is 6.54 Å². The normalized spacial score (nSPS) is 11.8. The zero-order valence-corrected chi connectivity index (χ0v) is 15.5. The second kappa shape index (κ2) is 9.08. The molecule has 0 aliphatic rings. The largest absolute Gasteiger partial charge is 0.359 e. The summed E-state index contributed by atoms with van der Waals surface area (Å²) in [7, 11) is 0. The van der Waals surface area contributed by atoms with Crippen LogP contribution < -0.4 is 10.6 Å². The van der Waals surface area contributed by atoms with E-state index in [2.05, 4.69) is 75.7 Å². The maximum absolute atomic E-state index is 5.28. The van der Waals surface area contributed by atoms with Crippen molar-refractivity contribution in [3.8, 4) is 0 Å². The lowest BCUT2D eigenvalue weighted by Crippen LogP contribution is -2.38. The molecule has 138 valence electrons. The van der Waals surface area contributed by atoms with Crippen LogP contribution >= 0.6 is 0 Å². The summed E-state index contributed by atoms with van der Waals surface area (Å²) in [6.45, 7) is 7.27. The Kier molecular flexibility index (Phi) is 6.30. The molecule has 0 unspecified atom stereocenters. The standard InChI is InChI=1S/C20H27N5O/c1-3-17-14-18(26-24-17)15-23-20(21-4-2)22-11-7-12-25-13-10-16-8-5-6-9-19(16)25/h5-6,8-10,13-14H,3-4,7,11-12,15H2,1-2H3,(H2,21,22,23). The van der Waals surface area contributed by atoms with Crippen molar-refractivity contribution < 1.29 is 4.52 Å². The summed E-state index contributed by atoms with van der Waals surface area (Å²) in [6, 6.07) is 12.6. The number of benzene rings is 1. The van der Waals surface area contributed by atoms with Crippen LogP contribution in [0.15, 0.2) is 52.1 Å². The van der Waals surface area contributed by atoms with Crippen molar-refractivity contribution in [2.45, 2.75) is 39.8 Å². The van der Waals surface area contributed by atoms with Gasteiger partial charge in [-0.2, -0.15) is 0 Å². The van der Waals surface area contributed by atoms with Gasteiger partial charge in [-0.25, -0.2) is 4.99 Å². The summed E-state index contributed by atoms with van der Waals surface area (Å²) in [6.07, 6.45) is 4.05. The first-order chi connectivity index (χ1) is 12.8. The molecule has 0 amide bonds. The predicted octanol–water partition coefficient (Wildman–Crippen LogP) is 3.34. The molecule has 3 aromatic rings. The molecule has 2 heterocycles. The second-order valence-electron chi connectivity index (χ2n) is 6.18. The smallest absolute Gasteiger partial charge is 0.191 e. The Labute approximate surface area is 154 Å². The molecular formula is C20H27N5O. The third-order valence-electron chi connectivity index (χ3n) is 4.26. The average Bonchev–Trinajstić information content (AvgIpc) is 3.30. The molecule has 0 aliphatic heterocycles. The molecule has 0 radical (unpaired) electrons. The van der Waals surface area contributed by atoms with E-state index >= 15 is 0 Å². The van der Waals surface area contributed by atoms with Gasteiger partial charge in [0.25, 0.3) is 0 Å². The molecule has 6 nitrogen and oxygen atoms in total. The average molecular weight is 353 g/mol. The number of aliphatic imine (C=N–C) groups is 1. The number of para-hydroxylation sites is 1. The Morgan fingerprint density at radius 1 is 1.19 bits per heavy atom. The van der Waals surface area contributed by atoms with E-state index in [0.717, 1.165) is 49.9 Å². The van der Waals surface area contributed by atoms with Crippen LogP contribution in [0.25, 0.3) is 10.9 Å². The zero-order chi connectivity index (χ0) is 18.2. The van der Waals surface area contributed by atoms with Gasteiger partial charge in [-0.1, -0.05) is 30.3 Å². The Hall–Kier alpha value is -2.76. The molecule has 0 saturated heterocycles.